The van der Waals surface area contributed by atoms with Gasteiger partial charge in [-0.15, -0.1) is 0 Å². The smallest absolute Gasteiger partial charge is 0.330 e. The number of ether oxygens (including phenoxy) is 1. The summed E-state index contributed by atoms with van der Waals surface area (Å²) in [6, 6.07) is 0. The molecule has 0 amide bonds. The normalized spacial score (nSPS) is 23.8. The van der Waals surface area contributed by atoms with E-state index in [1.165, 1.54) is 57.7 Å². The van der Waals surface area contributed by atoms with Crippen molar-refractivity contribution in [3.63, 3.8) is 0 Å². The van der Waals surface area contributed by atoms with Gasteiger partial charge in [0.05, 0.1) is 6.61 Å². The third-order valence-electron chi connectivity index (χ3n) is 5.56. The van der Waals surface area contributed by atoms with Gasteiger partial charge in [-0.3, -0.25) is 0 Å². The summed E-state index contributed by atoms with van der Waals surface area (Å²) >= 11 is 0. The summed E-state index contributed by atoms with van der Waals surface area (Å²) in [5.41, 5.74) is 0. The Morgan fingerprint density at radius 3 is 1.70 bits per heavy atom. The molecule has 0 radical (unpaired) electrons. The Kier molecular flexibility index (Phi) is 5.55. The van der Waals surface area contributed by atoms with Crippen LogP contribution in [0.5, 0.6) is 0 Å². The molecule has 3 heteroatoms. The van der Waals surface area contributed by atoms with Crippen LogP contribution in [0.4, 0.5) is 0 Å². The van der Waals surface area contributed by atoms with Crippen molar-refractivity contribution in [1.29, 1.82) is 0 Å². The van der Waals surface area contributed by atoms with Crippen LogP contribution in [0.15, 0.2) is 12.2 Å². The quantitative estimate of drug-likeness (QED) is 0.383. The van der Waals surface area contributed by atoms with Crippen LogP contribution in [0.3, 0.4) is 0 Å². The van der Waals surface area contributed by atoms with E-state index in [0.717, 1.165) is 23.7 Å². The largest absolute Gasteiger partial charge is 0.463 e. The minimum absolute atomic E-state index is 0.182. The van der Waals surface area contributed by atoms with Crippen molar-refractivity contribution in [2.45, 2.75) is 58.3 Å². The zero-order chi connectivity index (χ0) is 16.2. The number of carbonyl (C=O) groups excluding carboxylic acids is 2. The Bertz CT molecular complexity index is 416. The molecule has 4 fully saturated rings. The molecule has 0 N–H and O–H groups in total. The molecular weight excluding hydrogens is 288 g/mol. The lowest BCUT2D eigenvalue weighted by Gasteiger charge is -2.08. The lowest BCUT2D eigenvalue weighted by atomic mass is 9.97. The van der Waals surface area contributed by atoms with Crippen LogP contribution in [0.2, 0.25) is 0 Å². The average Bonchev–Trinajstić information content (AvgIpc) is 3.36. The molecule has 4 aliphatic rings. The minimum Gasteiger partial charge on any atom is -0.463 e. The van der Waals surface area contributed by atoms with E-state index >= 15 is 0 Å². The van der Waals surface area contributed by atoms with Gasteiger partial charge in [0.1, 0.15) is 6.29 Å². The van der Waals surface area contributed by atoms with Crippen molar-refractivity contribution in [2.75, 3.05) is 6.61 Å². The molecule has 23 heavy (non-hydrogen) atoms. The van der Waals surface area contributed by atoms with Crippen LogP contribution >= 0.6 is 0 Å². The lowest BCUT2D eigenvalue weighted by Crippen LogP contribution is -2.06. The summed E-state index contributed by atoms with van der Waals surface area (Å²) in [5, 5.41) is 0. The number of hydrogen-bond acceptors (Lipinski definition) is 3. The second-order valence-corrected chi connectivity index (χ2v) is 7.75. The molecular formula is C20H30O3. The standard InChI is InChI=1S/C12H18O2.C8H12O/c1-2-14-12(13)8-7-11(9-3-4-9)10-5-6-10;9-5-8(6-1-2-6)7-3-4-7/h7-11H,2-6H2,1H3;5-8H,1-4H2/b8-7+;. The fourth-order valence-electron chi connectivity index (χ4n) is 3.61. The molecule has 4 saturated carbocycles. The lowest BCUT2D eigenvalue weighted by molar-refractivity contribution is -0.137. The zero-order valence-electron chi connectivity index (χ0n) is 14.3. The van der Waals surface area contributed by atoms with E-state index in [-0.39, 0.29) is 5.97 Å². The van der Waals surface area contributed by atoms with Crippen molar-refractivity contribution in [2.24, 2.45) is 35.5 Å². The second kappa shape index (κ2) is 7.63. The molecule has 0 bridgehead atoms. The molecule has 0 saturated heterocycles. The molecule has 0 aromatic rings. The van der Waals surface area contributed by atoms with Gasteiger partial charge in [-0.05, 0) is 87.9 Å². The molecule has 0 unspecified atom stereocenters. The molecule has 4 rings (SSSR count). The third-order valence-corrected chi connectivity index (χ3v) is 5.56. The van der Waals surface area contributed by atoms with E-state index in [4.69, 9.17) is 4.74 Å². The minimum atomic E-state index is -0.182. The summed E-state index contributed by atoms with van der Waals surface area (Å²) in [6.45, 7) is 2.31. The van der Waals surface area contributed by atoms with E-state index in [2.05, 4.69) is 6.08 Å². The van der Waals surface area contributed by atoms with Crippen molar-refractivity contribution in [3.05, 3.63) is 12.2 Å². The van der Waals surface area contributed by atoms with E-state index in [9.17, 15) is 9.59 Å². The molecule has 128 valence electrons. The van der Waals surface area contributed by atoms with Crippen molar-refractivity contribution in [1.82, 2.24) is 0 Å². The van der Waals surface area contributed by atoms with Crippen molar-refractivity contribution < 1.29 is 14.3 Å². The Morgan fingerprint density at radius 1 is 0.913 bits per heavy atom. The highest BCUT2D eigenvalue weighted by Crippen LogP contribution is 2.50. The summed E-state index contributed by atoms with van der Waals surface area (Å²) in [5.74, 6) is 4.29. The van der Waals surface area contributed by atoms with Gasteiger partial charge in [-0.25, -0.2) is 4.79 Å². The van der Waals surface area contributed by atoms with Gasteiger partial charge in [0, 0.05) is 12.0 Å². The molecule has 0 aromatic heterocycles. The van der Waals surface area contributed by atoms with Crippen LogP contribution < -0.4 is 0 Å². The Hall–Kier alpha value is -1.12. The Labute approximate surface area is 139 Å². The van der Waals surface area contributed by atoms with Gasteiger partial charge in [-0.2, -0.15) is 0 Å². The molecule has 3 nitrogen and oxygen atoms in total. The maximum absolute atomic E-state index is 11.1. The second-order valence-electron chi connectivity index (χ2n) is 7.75. The summed E-state index contributed by atoms with van der Waals surface area (Å²) in [4.78, 5) is 21.6. The van der Waals surface area contributed by atoms with Crippen LogP contribution in [0, 0.1) is 35.5 Å². The highest BCUT2D eigenvalue weighted by molar-refractivity contribution is 5.81. The number of rotatable bonds is 8. The van der Waals surface area contributed by atoms with Gasteiger partial charge in [0.15, 0.2) is 0 Å². The highest BCUT2D eigenvalue weighted by Gasteiger charge is 2.41. The first-order valence-corrected chi connectivity index (χ1v) is 9.53. The molecule has 0 atom stereocenters. The first kappa shape index (κ1) is 16.7. The van der Waals surface area contributed by atoms with Gasteiger partial charge in [0.2, 0.25) is 0 Å². The van der Waals surface area contributed by atoms with Gasteiger partial charge >= 0.3 is 5.97 Å². The van der Waals surface area contributed by atoms with Crippen LogP contribution in [-0.4, -0.2) is 18.9 Å². The molecule has 0 aromatic carbocycles. The van der Waals surface area contributed by atoms with Gasteiger partial charge in [-0.1, -0.05) is 6.08 Å². The Balaban J connectivity index is 0.000000149. The maximum Gasteiger partial charge on any atom is 0.330 e. The van der Waals surface area contributed by atoms with Crippen LogP contribution in [0.25, 0.3) is 0 Å². The van der Waals surface area contributed by atoms with Crippen LogP contribution in [0.1, 0.15) is 58.3 Å². The predicted molar refractivity (Wildman–Crippen MR) is 89.7 cm³/mol. The number of aldehydes is 1. The number of allylic oxidation sites excluding steroid dienone is 1. The zero-order valence-corrected chi connectivity index (χ0v) is 14.3. The molecule has 4 aliphatic carbocycles. The molecule has 0 spiro atoms. The first-order chi connectivity index (χ1) is 11.2. The van der Waals surface area contributed by atoms with Gasteiger partial charge < -0.3 is 9.53 Å². The maximum atomic E-state index is 11.1. The van der Waals surface area contributed by atoms with Crippen LogP contribution in [-0.2, 0) is 14.3 Å². The van der Waals surface area contributed by atoms with E-state index in [1.54, 1.807) is 6.08 Å². The number of hydrogen-bond donors (Lipinski definition) is 0. The SMILES string of the molecule is CCOC(=O)/C=C/C(C1CC1)C1CC1.O=CC(C1CC1)C1CC1. The summed E-state index contributed by atoms with van der Waals surface area (Å²) in [6.07, 6.45) is 15.6. The Morgan fingerprint density at radius 2 is 1.35 bits per heavy atom. The van der Waals surface area contributed by atoms with E-state index < -0.39 is 0 Å². The van der Waals surface area contributed by atoms with Crippen molar-refractivity contribution >= 4 is 12.3 Å². The summed E-state index contributed by atoms with van der Waals surface area (Å²) < 4.78 is 4.87. The predicted octanol–water partition coefficient (Wildman–Crippen LogP) is 4.16. The van der Waals surface area contributed by atoms with Crippen molar-refractivity contribution in [3.8, 4) is 0 Å². The fourth-order valence-corrected chi connectivity index (χ4v) is 3.61. The molecule has 0 aliphatic heterocycles. The number of esters is 1. The highest BCUT2D eigenvalue weighted by atomic mass is 16.5. The first-order valence-electron chi connectivity index (χ1n) is 9.53. The average molecular weight is 318 g/mol. The monoisotopic (exact) mass is 318 g/mol. The summed E-state index contributed by atoms with van der Waals surface area (Å²) in [7, 11) is 0. The van der Waals surface area contributed by atoms with E-state index in [1.807, 2.05) is 6.92 Å². The van der Waals surface area contributed by atoms with E-state index in [0.29, 0.717) is 18.4 Å². The topological polar surface area (TPSA) is 43.4 Å². The van der Waals surface area contributed by atoms with Gasteiger partial charge in [0.25, 0.3) is 0 Å². The molecule has 0 heterocycles. The number of carbonyl (C=O) groups is 2. The fraction of sp³-hybridized carbons (Fsp3) is 0.800. The third kappa shape index (κ3) is 5.47.